The largest absolute Gasteiger partial charge is 0.351 e. The average molecular weight is 439 g/mol. The lowest BCUT2D eigenvalue weighted by molar-refractivity contribution is 0.549. The molecule has 5 rings (SSSR count). The first-order valence-electron chi connectivity index (χ1n) is 11.0. The van der Waals surface area contributed by atoms with Gasteiger partial charge in [-0.3, -0.25) is 4.98 Å². The highest BCUT2D eigenvalue weighted by Crippen LogP contribution is 2.42. The number of nitrogens with zero attached hydrogens (tertiary/aromatic N) is 3. The van der Waals surface area contributed by atoms with Crippen LogP contribution in [0.15, 0.2) is 91.3 Å². The number of benzene rings is 2. The van der Waals surface area contributed by atoms with Gasteiger partial charge in [0.2, 0.25) is 0 Å². The van der Waals surface area contributed by atoms with Gasteiger partial charge in [-0.2, -0.15) is 0 Å². The number of nitrogens with one attached hydrogen (secondary N) is 1. The maximum atomic E-state index is 5.87. The third kappa shape index (κ3) is 3.69. The van der Waals surface area contributed by atoms with Crippen molar-refractivity contribution >= 4 is 23.0 Å². The second-order valence-corrected chi connectivity index (χ2v) is 8.55. The van der Waals surface area contributed by atoms with Gasteiger partial charge in [-0.15, -0.1) is 0 Å². The third-order valence-corrected chi connectivity index (χ3v) is 6.40. The molecular formula is C27H26N4S. The van der Waals surface area contributed by atoms with E-state index < -0.39 is 0 Å². The molecule has 1 N–H and O–H groups in total. The van der Waals surface area contributed by atoms with Crippen LogP contribution in [0.4, 0.5) is 5.69 Å². The molecule has 5 heteroatoms. The van der Waals surface area contributed by atoms with E-state index in [-0.39, 0.29) is 12.1 Å². The number of thiocarbonyl (C=S) groups is 1. The van der Waals surface area contributed by atoms with Crippen molar-refractivity contribution in [1.29, 1.82) is 0 Å². The van der Waals surface area contributed by atoms with E-state index in [1.807, 2.05) is 18.3 Å². The summed E-state index contributed by atoms with van der Waals surface area (Å²) in [4.78, 5) is 6.90. The lowest BCUT2D eigenvalue weighted by atomic mass is 10.0. The zero-order valence-corrected chi connectivity index (χ0v) is 19.1. The number of hydrogen-bond acceptors (Lipinski definition) is 2. The van der Waals surface area contributed by atoms with Crippen LogP contribution >= 0.6 is 12.2 Å². The van der Waals surface area contributed by atoms with Crippen LogP contribution in [0.25, 0.3) is 5.69 Å². The van der Waals surface area contributed by atoms with Crippen LogP contribution in [0.1, 0.15) is 41.5 Å². The van der Waals surface area contributed by atoms with Crippen molar-refractivity contribution in [2.24, 2.45) is 0 Å². The van der Waals surface area contributed by atoms with Gasteiger partial charge < -0.3 is 14.8 Å². The second kappa shape index (κ2) is 8.60. The van der Waals surface area contributed by atoms with Crippen molar-refractivity contribution < 1.29 is 0 Å². The number of hydrogen-bond donors (Lipinski definition) is 1. The van der Waals surface area contributed by atoms with Gasteiger partial charge in [-0.25, -0.2) is 0 Å². The van der Waals surface area contributed by atoms with Crippen molar-refractivity contribution in [3.63, 3.8) is 0 Å². The minimum atomic E-state index is -0.0620. The summed E-state index contributed by atoms with van der Waals surface area (Å²) in [5.74, 6) is 0. The Labute approximate surface area is 194 Å². The normalized spacial score (nSPS) is 18.1. The van der Waals surface area contributed by atoms with Crippen LogP contribution in [-0.2, 0) is 6.42 Å². The molecule has 0 bridgehead atoms. The average Bonchev–Trinajstić information content (AvgIpc) is 3.44. The summed E-state index contributed by atoms with van der Waals surface area (Å²) < 4.78 is 2.26. The van der Waals surface area contributed by atoms with Gasteiger partial charge >= 0.3 is 0 Å². The molecule has 2 aromatic heterocycles. The zero-order chi connectivity index (χ0) is 22.1. The van der Waals surface area contributed by atoms with Crippen molar-refractivity contribution in [3.05, 3.63) is 114 Å². The Morgan fingerprint density at radius 1 is 0.938 bits per heavy atom. The molecule has 2 atom stereocenters. The Hall–Kier alpha value is -3.44. The van der Waals surface area contributed by atoms with Gasteiger partial charge in [-0.05, 0) is 85.2 Å². The highest BCUT2D eigenvalue weighted by atomic mass is 32.1. The van der Waals surface area contributed by atoms with Crippen molar-refractivity contribution in [2.75, 3.05) is 4.90 Å². The molecule has 4 nitrogen and oxygen atoms in total. The van der Waals surface area contributed by atoms with Crippen molar-refractivity contribution in [3.8, 4) is 5.69 Å². The van der Waals surface area contributed by atoms with E-state index in [9.17, 15) is 0 Å². The first-order valence-corrected chi connectivity index (χ1v) is 11.4. The highest BCUT2D eigenvalue weighted by molar-refractivity contribution is 7.80. The fourth-order valence-corrected chi connectivity index (χ4v) is 4.82. The molecular weight excluding hydrogens is 412 g/mol. The third-order valence-electron chi connectivity index (χ3n) is 6.08. The summed E-state index contributed by atoms with van der Waals surface area (Å²) in [6.45, 7) is 4.29. The Kier molecular flexibility index (Phi) is 5.50. The molecule has 1 aliphatic heterocycles. The molecule has 0 aliphatic carbocycles. The molecule has 1 aliphatic rings. The summed E-state index contributed by atoms with van der Waals surface area (Å²) in [6, 6.07) is 27.5. The summed E-state index contributed by atoms with van der Waals surface area (Å²) in [7, 11) is 0. The smallest absolute Gasteiger partial charge is 0.174 e. The molecule has 32 heavy (non-hydrogen) atoms. The minimum absolute atomic E-state index is 0.0413. The zero-order valence-electron chi connectivity index (χ0n) is 18.3. The van der Waals surface area contributed by atoms with Gasteiger partial charge in [0.1, 0.15) is 6.04 Å². The molecule has 0 radical (unpaired) electrons. The second-order valence-electron chi connectivity index (χ2n) is 8.16. The molecule has 0 amide bonds. The van der Waals surface area contributed by atoms with Gasteiger partial charge in [0.25, 0.3) is 0 Å². The molecule has 0 spiro atoms. The van der Waals surface area contributed by atoms with Gasteiger partial charge in [0.05, 0.1) is 11.7 Å². The maximum absolute atomic E-state index is 5.87. The van der Waals surface area contributed by atoms with Crippen LogP contribution in [0.2, 0.25) is 0 Å². The van der Waals surface area contributed by atoms with Crippen LogP contribution in [0.5, 0.6) is 0 Å². The topological polar surface area (TPSA) is 33.1 Å². The molecule has 2 aromatic carbocycles. The van der Waals surface area contributed by atoms with E-state index in [1.54, 1.807) is 0 Å². The number of aromatic nitrogens is 2. The van der Waals surface area contributed by atoms with Crippen LogP contribution < -0.4 is 10.2 Å². The first kappa shape index (κ1) is 20.5. The molecule has 3 heterocycles. The van der Waals surface area contributed by atoms with Crippen LogP contribution in [-0.4, -0.2) is 14.7 Å². The van der Waals surface area contributed by atoms with E-state index in [4.69, 9.17) is 12.2 Å². The molecule has 1 fully saturated rings. The van der Waals surface area contributed by atoms with E-state index in [2.05, 4.69) is 107 Å². The number of aryl methyl sites for hydroxylation is 2. The van der Waals surface area contributed by atoms with Crippen molar-refractivity contribution in [1.82, 2.24) is 14.9 Å². The molecule has 1 saturated heterocycles. The lowest BCUT2D eigenvalue weighted by Crippen LogP contribution is -2.30. The Morgan fingerprint density at radius 2 is 1.78 bits per heavy atom. The van der Waals surface area contributed by atoms with E-state index in [0.29, 0.717) is 5.11 Å². The number of pyridine rings is 1. The van der Waals surface area contributed by atoms with Crippen LogP contribution in [0, 0.1) is 6.92 Å². The summed E-state index contributed by atoms with van der Waals surface area (Å²) in [5.41, 5.74) is 6.91. The summed E-state index contributed by atoms with van der Waals surface area (Å²) in [6.07, 6.45) is 4.98. The lowest BCUT2D eigenvalue weighted by Gasteiger charge is -2.29. The Balaban J connectivity index is 1.65. The predicted octanol–water partition coefficient (Wildman–Crippen LogP) is 5.92. The first-order chi connectivity index (χ1) is 15.7. The SMILES string of the molecule is CCc1ccc(N2C(=S)N[C@H](c3ccccn3)[C@@H]2c2cccn2-c2cccc(C)c2)cc1. The van der Waals surface area contributed by atoms with E-state index >= 15 is 0 Å². The fourth-order valence-electron chi connectivity index (χ4n) is 4.47. The van der Waals surface area contributed by atoms with E-state index in [1.165, 1.54) is 11.1 Å². The quantitative estimate of drug-likeness (QED) is 0.392. The Morgan fingerprint density at radius 3 is 2.50 bits per heavy atom. The fraction of sp³-hybridized carbons (Fsp3) is 0.185. The minimum Gasteiger partial charge on any atom is -0.351 e. The monoisotopic (exact) mass is 438 g/mol. The van der Waals surface area contributed by atoms with Gasteiger partial charge in [0, 0.05) is 29.5 Å². The molecule has 0 unspecified atom stereocenters. The summed E-state index contributed by atoms with van der Waals surface area (Å²) in [5, 5.41) is 4.27. The molecule has 4 aromatic rings. The summed E-state index contributed by atoms with van der Waals surface area (Å²) >= 11 is 5.87. The molecule has 0 saturated carbocycles. The number of anilines is 1. The molecule has 160 valence electrons. The van der Waals surface area contributed by atoms with E-state index in [0.717, 1.165) is 29.2 Å². The van der Waals surface area contributed by atoms with Crippen molar-refractivity contribution in [2.45, 2.75) is 32.4 Å². The van der Waals surface area contributed by atoms with Crippen LogP contribution in [0.3, 0.4) is 0 Å². The standard InChI is InChI=1S/C27H26N4S/c1-3-20-12-14-21(15-13-20)31-26(25(29-27(31)32)23-10-4-5-16-28-23)24-11-7-17-30(24)22-9-6-8-19(2)18-22/h4-18,25-26H,3H2,1-2H3,(H,29,32)/t25-,26+/m1/s1. The maximum Gasteiger partial charge on any atom is 0.174 e. The highest BCUT2D eigenvalue weighted by Gasteiger charge is 2.42. The number of rotatable bonds is 5. The van der Waals surface area contributed by atoms with Gasteiger partial charge in [0.15, 0.2) is 5.11 Å². The Bertz CT molecular complexity index is 1230. The van der Waals surface area contributed by atoms with Gasteiger partial charge in [-0.1, -0.05) is 37.3 Å². The predicted molar refractivity (Wildman–Crippen MR) is 134 cm³/mol.